The van der Waals surface area contributed by atoms with Crippen LogP contribution in [-0.4, -0.2) is 27.7 Å². The van der Waals surface area contributed by atoms with Gasteiger partial charge in [-0.2, -0.15) is 5.10 Å². The molecule has 1 aliphatic heterocycles. The van der Waals surface area contributed by atoms with Crippen molar-refractivity contribution in [1.29, 1.82) is 0 Å². The molecule has 3 aromatic carbocycles. The molecule has 9 nitrogen and oxygen atoms in total. The average Bonchev–Trinajstić information content (AvgIpc) is 3.17. The molecular weight excluding hydrogens is 477 g/mol. The highest BCUT2D eigenvalue weighted by atomic mass is 19.1. The number of benzene rings is 3. The lowest BCUT2D eigenvalue weighted by Crippen LogP contribution is -2.43. The summed E-state index contributed by atoms with van der Waals surface area (Å²) in [4.78, 5) is 26.0. The summed E-state index contributed by atoms with van der Waals surface area (Å²) in [6.45, 7) is 3.44. The monoisotopic (exact) mass is 501 g/mol. The number of nitro groups is 1. The molecular formula is C27H24FN5O4. The molecule has 0 fully saturated rings. The van der Waals surface area contributed by atoms with Gasteiger partial charge in [-0.15, -0.1) is 0 Å². The fourth-order valence-corrected chi connectivity index (χ4v) is 4.74. The number of carbonyl (C=O) groups excluding carboxylic acids is 1. The molecule has 0 saturated carbocycles. The number of fused-ring (bicyclic) bond motifs is 1. The Morgan fingerprint density at radius 3 is 2.54 bits per heavy atom. The van der Waals surface area contributed by atoms with Crippen LogP contribution < -0.4 is 15.0 Å². The Balaban J connectivity index is 1.61. The first kappa shape index (κ1) is 24.0. The number of aromatic nitrogens is 2. The first-order chi connectivity index (χ1) is 17.8. The van der Waals surface area contributed by atoms with Crippen molar-refractivity contribution in [2.75, 3.05) is 17.3 Å². The quantitative estimate of drug-likeness (QED) is 0.281. The lowest BCUT2D eigenvalue weighted by Gasteiger charge is -2.38. The average molecular weight is 502 g/mol. The second-order valence-electron chi connectivity index (χ2n) is 8.72. The van der Waals surface area contributed by atoms with Crippen LogP contribution in [0, 0.1) is 29.8 Å². The van der Waals surface area contributed by atoms with Crippen molar-refractivity contribution >= 4 is 23.0 Å². The maximum Gasteiger partial charge on any atom is 0.312 e. The lowest BCUT2D eigenvalue weighted by molar-refractivity contribution is -0.386. The third-order valence-corrected chi connectivity index (χ3v) is 6.50. The molecule has 0 spiro atoms. The van der Waals surface area contributed by atoms with Crippen LogP contribution in [0.1, 0.15) is 39.0 Å². The summed E-state index contributed by atoms with van der Waals surface area (Å²) in [6.07, 6.45) is -0.723. The number of carbonyl (C=O) groups is 1. The van der Waals surface area contributed by atoms with Gasteiger partial charge in [-0.25, -0.2) is 4.39 Å². The Morgan fingerprint density at radius 2 is 1.84 bits per heavy atom. The highest BCUT2D eigenvalue weighted by Crippen LogP contribution is 2.39. The van der Waals surface area contributed by atoms with Crippen LogP contribution in [0.25, 0.3) is 0 Å². The van der Waals surface area contributed by atoms with Crippen molar-refractivity contribution < 1.29 is 18.8 Å². The van der Waals surface area contributed by atoms with E-state index in [0.29, 0.717) is 39.5 Å². The van der Waals surface area contributed by atoms with Gasteiger partial charge in [0.05, 0.1) is 29.8 Å². The number of amides is 1. The standard InChI is InChI=1S/C27H24FN5O4/c1-16-25(33(35)36)17(2)31(30-16)15-19-14-18(12-13-24(19)37-3)26-29-22-10-6-4-8-20(22)27(34)32(26)23-11-7-5-9-21(23)28/h4-14,26,29H,15H2,1-3H3. The van der Waals surface area contributed by atoms with Gasteiger partial charge in [0.2, 0.25) is 0 Å². The van der Waals surface area contributed by atoms with Gasteiger partial charge >= 0.3 is 5.69 Å². The third-order valence-electron chi connectivity index (χ3n) is 6.50. The van der Waals surface area contributed by atoms with Crippen molar-refractivity contribution in [2.24, 2.45) is 0 Å². The lowest BCUT2D eigenvalue weighted by atomic mass is 10.0. The van der Waals surface area contributed by atoms with Crippen LogP contribution in [0.2, 0.25) is 0 Å². The van der Waals surface area contributed by atoms with E-state index in [1.165, 1.54) is 18.1 Å². The third kappa shape index (κ3) is 4.16. The number of halogens is 1. The van der Waals surface area contributed by atoms with Crippen molar-refractivity contribution in [3.63, 3.8) is 0 Å². The molecule has 0 aliphatic carbocycles. The molecule has 5 rings (SSSR count). The van der Waals surface area contributed by atoms with Crippen molar-refractivity contribution in [3.8, 4) is 5.75 Å². The summed E-state index contributed by atoms with van der Waals surface area (Å²) in [5.41, 5.74) is 3.30. The number of rotatable bonds is 6. The summed E-state index contributed by atoms with van der Waals surface area (Å²) in [5.74, 6) is -0.305. The Kier molecular flexibility index (Phi) is 6.08. The Bertz CT molecular complexity index is 1530. The van der Waals surface area contributed by atoms with E-state index in [0.717, 1.165) is 0 Å². The van der Waals surface area contributed by atoms with Crippen LogP contribution in [0.3, 0.4) is 0 Å². The highest BCUT2D eigenvalue weighted by Gasteiger charge is 2.35. The highest BCUT2D eigenvalue weighted by molar-refractivity contribution is 6.12. The van der Waals surface area contributed by atoms with Gasteiger partial charge in [-0.1, -0.05) is 30.3 Å². The topological polar surface area (TPSA) is 103 Å². The van der Waals surface area contributed by atoms with E-state index in [1.54, 1.807) is 67.1 Å². The first-order valence-corrected chi connectivity index (χ1v) is 11.6. The van der Waals surface area contributed by atoms with Crippen LogP contribution >= 0.6 is 0 Å². The van der Waals surface area contributed by atoms with Crippen molar-refractivity contribution in [2.45, 2.75) is 26.6 Å². The van der Waals surface area contributed by atoms with E-state index >= 15 is 0 Å². The summed E-state index contributed by atoms with van der Waals surface area (Å²) in [6, 6.07) is 18.6. The first-order valence-electron chi connectivity index (χ1n) is 11.6. The van der Waals surface area contributed by atoms with Crippen LogP contribution in [0.4, 0.5) is 21.5 Å². The molecule has 10 heteroatoms. The number of hydrogen-bond donors (Lipinski definition) is 1. The largest absolute Gasteiger partial charge is 0.496 e. The number of para-hydroxylation sites is 2. The zero-order chi connectivity index (χ0) is 26.3. The van der Waals surface area contributed by atoms with Gasteiger partial charge in [0.25, 0.3) is 5.91 Å². The molecule has 1 N–H and O–H groups in total. The number of nitrogens with zero attached hydrogens (tertiary/aromatic N) is 4. The van der Waals surface area contributed by atoms with E-state index in [1.807, 2.05) is 12.1 Å². The van der Waals surface area contributed by atoms with Gasteiger partial charge in [0.15, 0.2) is 0 Å². The van der Waals surface area contributed by atoms with Gasteiger partial charge in [0.1, 0.15) is 29.1 Å². The number of hydrogen-bond acceptors (Lipinski definition) is 6. The predicted octanol–water partition coefficient (Wildman–Crippen LogP) is 5.38. The molecule has 4 aromatic rings. The van der Waals surface area contributed by atoms with E-state index in [9.17, 15) is 19.3 Å². The Hall–Kier alpha value is -4.73. The normalized spacial score (nSPS) is 14.8. The van der Waals surface area contributed by atoms with E-state index in [-0.39, 0.29) is 23.8 Å². The van der Waals surface area contributed by atoms with Crippen LogP contribution in [-0.2, 0) is 6.54 Å². The molecule has 0 bridgehead atoms. The molecule has 1 amide bonds. The van der Waals surface area contributed by atoms with Crippen molar-refractivity contribution in [1.82, 2.24) is 9.78 Å². The second kappa shape index (κ2) is 9.38. The predicted molar refractivity (Wildman–Crippen MR) is 136 cm³/mol. The van der Waals surface area contributed by atoms with E-state index in [2.05, 4.69) is 10.4 Å². The van der Waals surface area contributed by atoms with Gasteiger partial charge in [-0.3, -0.25) is 24.5 Å². The van der Waals surface area contributed by atoms with Gasteiger partial charge in [0, 0.05) is 11.3 Å². The fraction of sp³-hybridized carbons (Fsp3) is 0.185. The molecule has 1 unspecified atom stereocenters. The maximum atomic E-state index is 14.9. The molecule has 0 saturated heterocycles. The second-order valence-corrected chi connectivity index (χ2v) is 8.72. The number of aryl methyl sites for hydroxylation is 1. The summed E-state index contributed by atoms with van der Waals surface area (Å²) in [5, 5.41) is 19.2. The Morgan fingerprint density at radius 1 is 1.11 bits per heavy atom. The molecule has 2 heterocycles. The van der Waals surface area contributed by atoms with Gasteiger partial charge < -0.3 is 10.1 Å². The number of nitrogens with one attached hydrogen (secondary N) is 1. The van der Waals surface area contributed by atoms with Crippen LogP contribution in [0.5, 0.6) is 5.75 Å². The van der Waals surface area contributed by atoms with E-state index in [4.69, 9.17) is 4.74 Å². The minimum atomic E-state index is -0.723. The number of ether oxygens (including phenoxy) is 1. The zero-order valence-corrected chi connectivity index (χ0v) is 20.4. The molecule has 0 radical (unpaired) electrons. The number of methoxy groups -OCH3 is 1. The summed E-state index contributed by atoms with van der Waals surface area (Å²) >= 11 is 0. The molecule has 188 valence electrons. The minimum Gasteiger partial charge on any atom is -0.496 e. The Labute approximate surface area is 212 Å². The summed E-state index contributed by atoms with van der Waals surface area (Å²) in [7, 11) is 1.53. The minimum absolute atomic E-state index is 0.0306. The van der Waals surface area contributed by atoms with Crippen LogP contribution in [0.15, 0.2) is 66.7 Å². The van der Waals surface area contributed by atoms with Crippen molar-refractivity contribution in [3.05, 3.63) is 111 Å². The molecule has 1 aliphatic rings. The fourth-order valence-electron chi connectivity index (χ4n) is 4.74. The molecule has 1 atom stereocenters. The maximum absolute atomic E-state index is 14.9. The number of anilines is 2. The molecule has 1 aromatic heterocycles. The molecule has 37 heavy (non-hydrogen) atoms. The van der Waals surface area contributed by atoms with Gasteiger partial charge in [-0.05, 0) is 55.8 Å². The SMILES string of the molecule is COc1ccc(C2Nc3ccccc3C(=O)N2c2ccccc2F)cc1Cn1nc(C)c([N+](=O)[O-])c1C. The summed E-state index contributed by atoms with van der Waals surface area (Å²) < 4.78 is 22.0. The zero-order valence-electron chi connectivity index (χ0n) is 20.4. The smallest absolute Gasteiger partial charge is 0.312 e. The van der Waals surface area contributed by atoms with E-state index < -0.39 is 16.9 Å².